The van der Waals surface area contributed by atoms with Crippen LogP contribution in [0, 0.1) is 5.92 Å². The van der Waals surface area contributed by atoms with Crippen molar-refractivity contribution in [1.29, 1.82) is 0 Å². The summed E-state index contributed by atoms with van der Waals surface area (Å²) in [6.45, 7) is 8.99. The molecule has 16 heavy (non-hydrogen) atoms. The summed E-state index contributed by atoms with van der Waals surface area (Å²) in [4.78, 5) is 7.55. The van der Waals surface area contributed by atoms with Crippen LogP contribution in [0.2, 0.25) is 0 Å². The summed E-state index contributed by atoms with van der Waals surface area (Å²) in [7, 11) is 0. The van der Waals surface area contributed by atoms with E-state index in [0.717, 1.165) is 25.2 Å². The van der Waals surface area contributed by atoms with Crippen LogP contribution in [0.15, 0.2) is 5.16 Å². The zero-order valence-corrected chi connectivity index (χ0v) is 10.6. The molecule has 0 aromatic carbocycles. The molecule has 1 aliphatic rings. The molecule has 0 aromatic heterocycles. The molecular formula is C12H24N2O2. The van der Waals surface area contributed by atoms with Crippen LogP contribution >= 0.6 is 0 Å². The smallest absolute Gasteiger partial charge is 0.129 e. The van der Waals surface area contributed by atoms with Gasteiger partial charge in [-0.15, -0.1) is 0 Å². The highest BCUT2D eigenvalue weighted by Crippen LogP contribution is 2.15. The number of aliphatic hydroxyl groups excluding tert-OH is 1. The van der Waals surface area contributed by atoms with E-state index in [4.69, 9.17) is 9.94 Å². The van der Waals surface area contributed by atoms with Crippen LogP contribution in [0.4, 0.5) is 0 Å². The summed E-state index contributed by atoms with van der Waals surface area (Å²) < 4.78 is 0. The molecule has 0 radical (unpaired) electrons. The third-order valence-electron chi connectivity index (χ3n) is 3.22. The lowest BCUT2D eigenvalue weighted by Crippen LogP contribution is -2.34. The summed E-state index contributed by atoms with van der Waals surface area (Å²) in [6.07, 6.45) is 2.28. The van der Waals surface area contributed by atoms with Crippen LogP contribution in [-0.2, 0) is 4.84 Å². The predicted octanol–water partition coefficient (Wildman–Crippen LogP) is 1.49. The molecule has 1 N–H and O–H groups in total. The van der Waals surface area contributed by atoms with Gasteiger partial charge in [-0.25, -0.2) is 0 Å². The standard InChI is InChI=1S/C12H24N2O2/c1-10(2)11(3)13-16-8-7-14-6-4-5-12(14)9-15/h10,12,15H,4-9H2,1-3H3/b13-11+/t12-/m1/s1. The van der Waals surface area contributed by atoms with E-state index in [0.29, 0.717) is 18.6 Å². The van der Waals surface area contributed by atoms with Crippen LogP contribution in [-0.4, -0.2) is 48.1 Å². The van der Waals surface area contributed by atoms with Crippen molar-refractivity contribution in [2.75, 3.05) is 26.3 Å². The third kappa shape index (κ3) is 4.10. The van der Waals surface area contributed by atoms with Crippen molar-refractivity contribution in [3.63, 3.8) is 0 Å². The van der Waals surface area contributed by atoms with Gasteiger partial charge in [-0.1, -0.05) is 19.0 Å². The number of nitrogens with zero attached hydrogens (tertiary/aromatic N) is 2. The molecule has 0 amide bonds. The maximum atomic E-state index is 9.14. The first-order chi connectivity index (χ1) is 7.65. The maximum absolute atomic E-state index is 9.14. The number of aliphatic hydroxyl groups is 1. The summed E-state index contributed by atoms with van der Waals surface area (Å²) in [6, 6.07) is 0.332. The van der Waals surface area contributed by atoms with Gasteiger partial charge in [0.25, 0.3) is 0 Å². The Balaban J connectivity index is 2.18. The Labute approximate surface area is 98.3 Å². The van der Waals surface area contributed by atoms with Gasteiger partial charge in [-0.3, -0.25) is 4.90 Å². The molecule has 1 fully saturated rings. The summed E-state index contributed by atoms with van der Waals surface area (Å²) in [5.74, 6) is 0.442. The normalized spacial score (nSPS) is 23.1. The van der Waals surface area contributed by atoms with Gasteiger partial charge >= 0.3 is 0 Å². The van der Waals surface area contributed by atoms with Gasteiger partial charge in [0.05, 0.1) is 12.3 Å². The molecule has 1 aliphatic heterocycles. The van der Waals surface area contributed by atoms with Gasteiger partial charge in [0.1, 0.15) is 6.61 Å². The third-order valence-corrected chi connectivity index (χ3v) is 3.22. The second-order valence-electron chi connectivity index (χ2n) is 4.74. The second-order valence-corrected chi connectivity index (χ2v) is 4.74. The topological polar surface area (TPSA) is 45.1 Å². The Morgan fingerprint density at radius 2 is 2.31 bits per heavy atom. The highest BCUT2D eigenvalue weighted by molar-refractivity contribution is 5.83. The van der Waals surface area contributed by atoms with E-state index in [1.165, 1.54) is 6.42 Å². The van der Waals surface area contributed by atoms with Gasteiger partial charge in [-0.2, -0.15) is 0 Å². The first-order valence-corrected chi connectivity index (χ1v) is 6.16. The Morgan fingerprint density at radius 3 is 2.94 bits per heavy atom. The number of hydrogen-bond donors (Lipinski definition) is 1. The average molecular weight is 228 g/mol. The van der Waals surface area contributed by atoms with Crippen molar-refractivity contribution in [3.8, 4) is 0 Å². The van der Waals surface area contributed by atoms with E-state index in [1.807, 2.05) is 6.92 Å². The lowest BCUT2D eigenvalue weighted by molar-refractivity contribution is 0.0890. The second kappa shape index (κ2) is 6.86. The zero-order valence-electron chi connectivity index (χ0n) is 10.6. The molecule has 1 heterocycles. The summed E-state index contributed by atoms with van der Waals surface area (Å²) >= 11 is 0. The molecule has 0 saturated carbocycles. The van der Waals surface area contributed by atoms with Gasteiger partial charge in [0, 0.05) is 12.6 Å². The predicted molar refractivity (Wildman–Crippen MR) is 65.6 cm³/mol. The van der Waals surface area contributed by atoms with E-state index in [-0.39, 0.29) is 6.61 Å². The first kappa shape index (κ1) is 13.5. The zero-order chi connectivity index (χ0) is 12.0. The highest BCUT2D eigenvalue weighted by atomic mass is 16.6. The maximum Gasteiger partial charge on any atom is 0.129 e. The van der Waals surface area contributed by atoms with Crippen molar-refractivity contribution in [3.05, 3.63) is 0 Å². The summed E-state index contributed by atoms with van der Waals surface area (Å²) in [5, 5.41) is 13.2. The summed E-state index contributed by atoms with van der Waals surface area (Å²) in [5.41, 5.74) is 1.03. The number of hydrogen-bond acceptors (Lipinski definition) is 4. The van der Waals surface area contributed by atoms with E-state index >= 15 is 0 Å². The van der Waals surface area contributed by atoms with E-state index in [1.54, 1.807) is 0 Å². The lowest BCUT2D eigenvalue weighted by Gasteiger charge is -2.21. The molecule has 1 saturated heterocycles. The molecule has 1 atom stereocenters. The van der Waals surface area contributed by atoms with Gasteiger partial charge in [0.2, 0.25) is 0 Å². The fraction of sp³-hybridized carbons (Fsp3) is 0.917. The van der Waals surface area contributed by atoms with Crippen LogP contribution in [0.3, 0.4) is 0 Å². The quantitative estimate of drug-likeness (QED) is 0.425. The number of likely N-dealkylation sites (tertiary alicyclic amines) is 1. The highest BCUT2D eigenvalue weighted by Gasteiger charge is 2.22. The minimum Gasteiger partial charge on any atom is -0.395 e. The van der Waals surface area contributed by atoms with Gasteiger partial charge in [-0.05, 0) is 32.2 Å². The Morgan fingerprint density at radius 1 is 1.56 bits per heavy atom. The molecule has 0 unspecified atom stereocenters. The van der Waals surface area contributed by atoms with Crippen LogP contribution in [0.5, 0.6) is 0 Å². The molecule has 94 valence electrons. The molecule has 0 aliphatic carbocycles. The van der Waals surface area contributed by atoms with E-state index < -0.39 is 0 Å². The SMILES string of the molecule is C/C(=N\OCCN1CCC[C@@H]1CO)C(C)C. The Hall–Kier alpha value is -0.610. The molecule has 4 nitrogen and oxygen atoms in total. The number of rotatable bonds is 6. The first-order valence-electron chi connectivity index (χ1n) is 6.16. The monoisotopic (exact) mass is 228 g/mol. The van der Waals surface area contributed by atoms with Crippen molar-refractivity contribution < 1.29 is 9.94 Å². The molecular weight excluding hydrogens is 204 g/mol. The Kier molecular flexibility index (Phi) is 5.77. The van der Waals surface area contributed by atoms with E-state index in [9.17, 15) is 0 Å². The van der Waals surface area contributed by atoms with Crippen molar-refractivity contribution in [2.24, 2.45) is 11.1 Å². The molecule has 0 spiro atoms. The molecule has 0 bridgehead atoms. The van der Waals surface area contributed by atoms with Gasteiger partial charge < -0.3 is 9.94 Å². The average Bonchev–Trinajstić information content (AvgIpc) is 2.71. The number of oxime groups is 1. The molecule has 1 rings (SSSR count). The fourth-order valence-electron chi connectivity index (χ4n) is 1.81. The van der Waals surface area contributed by atoms with Gasteiger partial charge in [0.15, 0.2) is 0 Å². The van der Waals surface area contributed by atoms with Crippen LogP contribution < -0.4 is 0 Å². The fourth-order valence-corrected chi connectivity index (χ4v) is 1.81. The van der Waals surface area contributed by atoms with Crippen molar-refractivity contribution >= 4 is 5.71 Å². The van der Waals surface area contributed by atoms with Crippen LogP contribution in [0.25, 0.3) is 0 Å². The van der Waals surface area contributed by atoms with Crippen molar-refractivity contribution in [1.82, 2.24) is 4.90 Å². The minimum atomic E-state index is 0.258. The molecule has 0 aromatic rings. The Bertz CT molecular complexity index is 229. The largest absolute Gasteiger partial charge is 0.395 e. The van der Waals surface area contributed by atoms with Crippen LogP contribution in [0.1, 0.15) is 33.6 Å². The van der Waals surface area contributed by atoms with E-state index in [2.05, 4.69) is 23.9 Å². The molecule has 4 heteroatoms. The minimum absolute atomic E-state index is 0.258. The lowest BCUT2D eigenvalue weighted by atomic mass is 10.1. The van der Waals surface area contributed by atoms with Crippen molar-refractivity contribution in [2.45, 2.75) is 39.7 Å².